The molecule has 1 N–H and O–H groups in total. The molecule has 18 heteroatoms. The van der Waals surface area contributed by atoms with Crippen molar-refractivity contribution in [2.24, 2.45) is 0 Å². The number of carbonyl (C=O) groups excluding carboxylic acids is 3. The van der Waals surface area contributed by atoms with Crippen molar-refractivity contribution in [1.29, 1.82) is 0 Å². The van der Waals surface area contributed by atoms with Crippen LogP contribution in [0.4, 0.5) is 30.7 Å². The van der Waals surface area contributed by atoms with E-state index in [2.05, 4.69) is 4.98 Å². The van der Waals surface area contributed by atoms with E-state index < -0.39 is 69.7 Å². The fourth-order valence-corrected chi connectivity index (χ4v) is 8.58. The SMILES string of the molecule is CCC[C@H]1N(C(=O)c2ncccc2C(F)(F)F)CCC[C@]1(Oc1csc(C(F)(F)F)c1)C(=O)N1CCc2cc(F)ccc2C1C(=O)N1CCN(CCO)CC1. The smallest absolute Gasteiger partial charge is 0.425 e. The van der Waals surface area contributed by atoms with Gasteiger partial charge in [0.05, 0.1) is 18.2 Å². The fraction of sp³-hybridized carbons (Fsp3) is 0.514. The number of pyridine rings is 1. The number of hydrogen-bond donors (Lipinski definition) is 1. The van der Waals surface area contributed by atoms with Crippen LogP contribution in [0.2, 0.25) is 0 Å². The third-order valence-corrected chi connectivity index (χ3v) is 11.4. The zero-order chi connectivity index (χ0) is 39.7. The first-order chi connectivity index (χ1) is 26.1. The summed E-state index contributed by atoms with van der Waals surface area (Å²) < 4.78 is 105. The molecule has 55 heavy (non-hydrogen) atoms. The van der Waals surface area contributed by atoms with Gasteiger partial charge in [-0.15, -0.1) is 11.3 Å². The summed E-state index contributed by atoms with van der Waals surface area (Å²) in [6, 6.07) is 3.70. The molecule has 2 fully saturated rings. The molecule has 298 valence electrons. The number of piperidine rings is 1. The van der Waals surface area contributed by atoms with E-state index in [4.69, 9.17) is 4.74 Å². The molecule has 3 aliphatic rings. The van der Waals surface area contributed by atoms with E-state index in [0.29, 0.717) is 48.2 Å². The molecule has 3 aromatic rings. The van der Waals surface area contributed by atoms with Gasteiger partial charge in [-0.25, -0.2) is 4.39 Å². The van der Waals surface area contributed by atoms with Crippen molar-refractivity contribution in [1.82, 2.24) is 24.6 Å². The third-order valence-electron chi connectivity index (χ3n) is 10.4. The van der Waals surface area contributed by atoms with Gasteiger partial charge in [-0.05, 0) is 54.7 Å². The monoisotopic (exact) mass is 799 g/mol. The molecule has 1 unspecified atom stereocenters. The number of β-amino-alcohol motifs (C(OH)–C–C–N with tert-alkyl or cyclic N) is 1. The minimum absolute atomic E-state index is 0.00319. The van der Waals surface area contributed by atoms with Crippen molar-refractivity contribution in [2.75, 3.05) is 52.4 Å². The number of likely N-dealkylation sites (tertiary alicyclic amines) is 1. The largest absolute Gasteiger partial charge is 0.474 e. The van der Waals surface area contributed by atoms with Crippen LogP contribution >= 0.6 is 11.3 Å². The predicted molar refractivity (Wildman–Crippen MR) is 186 cm³/mol. The minimum atomic E-state index is -4.96. The Morgan fingerprint density at radius 2 is 1.73 bits per heavy atom. The third kappa shape index (κ3) is 8.17. The van der Waals surface area contributed by atoms with E-state index in [9.17, 15) is 45.4 Å². The van der Waals surface area contributed by atoms with Crippen LogP contribution in [-0.2, 0) is 28.4 Å². The molecule has 0 spiro atoms. The van der Waals surface area contributed by atoms with Crippen LogP contribution in [0.1, 0.15) is 70.7 Å². The molecular weight excluding hydrogens is 759 g/mol. The number of carbonyl (C=O) groups is 3. The number of aromatic nitrogens is 1. The number of fused-ring (bicyclic) bond motifs is 1. The molecule has 3 atom stereocenters. The summed E-state index contributed by atoms with van der Waals surface area (Å²) >= 11 is 0.328. The molecule has 0 aliphatic carbocycles. The molecule has 0 radical (unpaired) electrons. The van der Waals surface area contributed by atoms with Crippen molar-refractivity contribution in [3.63, 3.8) is 0 Å². The summed E-state index contributed by atoms with van der Waals surface area (Å²) in [4.78, 5) is 52.9. The van der Waals surface area contributed by atoms with Crippen LogP contribution < -0.4 is 4.74 Å². The first kappa shape index (κ1) is 40.4. The maximum absolute atomic E-state index is 15.5. The van der Waals surface area contributed by atoms with E-state index >= 15 is 4.79 Å². The summed E-state index contributed by atoms with van der Waals surface area (Å²) in [5.41, 5.74) is -3.55. The first-order valence-electron chi connectivity index (χ1n) is 18.0. The van der Waals surface area contributed by atoms with Crippen LogP contribution in [0.3, 0.4) is 0 Å². The summed E-state index contributed by atoms with van der Waals surface area (Å²) in [7, 11) is 0. The Morgan fingerprint density at radius 1 is 0.982 bits per heavy atom. The average molecular weight is 800 g/mol. The van der Waals surface area contributed by atoms with E-state index in [1.54, 1.807) is 11.8 Å². The average Bonchev–Trinajstić information content (AvgIpc) is 3.63. The molecule has 6 rings (SSSR count). The molecule has 3 aliphatic heterocycles. The van der Waals surface area contributed by atoms with Crippen LogP contribution in [-0.4, -0.2) is 111 Å². The van der Waals surface area contributed by atoms with Gasteiger partial charge >= 0.3 is 12.4 Å². The number of alkyl halides is 6. The highest BCUT2D eigenvalue weighted by atomic mass is 32.1. The molecular formula is C37H40F7N5O5S. The number of amides is 3. The maximum atomic E-state index is 15.5. The highest BCUT2D eigenvalue weighted by Crippen LogP contribution is 2.44. The Kier molecular flexibility index (Phi) is 11.8. The number of benzene rings is 1. The molecule has 10 nitrogen and oxygen atoms in total. The number of thiophene rings is 1. The van der Waals surface area contributed by atoms with E-state index in [0.717, 1.165) is 34.7 Å². The lowest BCUT2D eigenvalue weighted by Crippen LogP contribution is -2.69. The lowest BCUT2D eigenvalue weighted by Gasteiger charge is -2.51. The number of aliphatic hydroxyl groups excluding tert-OH is 1. The normalized spacial score (nSPS) is 22.4. The van der Waals surface area contributed by atoms with Gasteiger partial charge in [0.15, 0.2) is 0 Å². The summed E-state index contributed by atoms with van der Waals surface area (Å²) in [6.45, 7) is 3.14. The van der Waals surface area contributed by atoms with Crippen LogP contribution in [0.5, 0.6) is 5.75 Å². The first-order valence-corrected chi connectivity index (χ1v) is 18.9. The highest BCUT2D eigenvalue weighted by molar-refractivity contribution is 7.10. The number of halogens is 7. The van der Waals surface area contributed by atoms with E-state index in [-0.39, 0.29) is 70.6 Å². The topological polar surface area (TPSA) is 107 Å². The van der Waals surface area contributed by atoms with Gasteiger partial charge in [-0.3, -0.25) is 24.3 Å². The number of rotatable bonds is 9. The lowest BCUT2D eigenvalue weighted by atomic mass is 9.78. The Morgan fingerprint density at radius 3 is 2.38 bits per heavy atom. The van der Waals surface area contributed by atoms with Gasteiger partial charge in [-0.2, -0.15) is 26.3 Å². The van der Waals surface area contributed by atoms with Crippen molar-refractivity contribution in [3.05, 3.63) is 81.1 Å². The Bertz CT molecular complexity index is 1880. The maximum Gasteiger partial charge on any atom is 0.425 e. The Labute approximate surface area is 316 Å². The standard InChI is InChI=1S/C37H40F7N5O5S/c1-2-5-28-35(54-25-21-29(55-22-25)37(42,43)44,10-4-12-48(28)32(51)30-27(36(39,40)41)6-3-11-45-30)34(53)49-13-9-23-20-24(38)7-8-26(23)31(49)33(52)47-16-14-46(15-17-47)18-19-50/h3,6-8,11,20-22,28,31,50H,2,4-5,9-10,12-19H2,1H3/t28-,31?,35-/m1/s1. The second kappa shape index (κ2) is 16.1. The lowest BCUT2D eigenvalue weighted by molar-refractivity contribution is -0.166. The van der Waals surface area contributed by atoms with Crippen LogP contribution in [0.25, 0.3) is 0 Å². The molecule has 0 saturated carbocycles. The van der Waals surface area contributed by atoms with Crippen LogP contribution in [0, 0.1) is 5.82 Å². The van der Waals surface area contributed by atoms with Gasteiger partial charge in [0.2, 0.25) is 11.5 Å². The number of ether oxygens (including phenoxy) is 1. The second-order valence-corrected chi connectivity index (χ2v) is 14.7. The zero-order valence-electron chi connectivity index (χ0n) is 29.8. The van der Waals surface area contributed by atoms with Crippen molar-refractivity contribution >= 4 is 29.1 Å². The molecule has 1 aromatic carbocycles. The quantitative estimate of drug-likeness (QED) is 0.273. The number of aliphatic hydroxyl groups is 1. The van der Waals surface area contributed by atoms with E-state index in [1.807, 2.05) is 4.90 Å². The fourth-order valence-electron chi connectivity index (χ4n) is 7.91. The minimum Gasteiger partial charge on any atom is -0.474 e. The molecule has 5 heterocycles. The molecule has 2 saturated heterocycles. The van der Waals surface area contributed by atoms with Crippen LogP contribution in [0.15, 0.2) is 48.0 Å². The highest BCUT2D eigenvalue weighted by Gasteiger charge is 2.58. The summed E-state index contributed by atoms with van der Waals surface area (Å²) in [5.74, 6) is -3.36. The number of piperazine rings is 1. The van der Waals surface area contributed by atoms with E-state index in [1.165, 1.54) is 17.0 Å². The Hall–Kier alpha value is -4.29. The predicted octanol–water partition coefficient (Wildman–Crippen LogP) is 5.80. The summed E-state index contributed by atoms with van der Waals surface area (Å²) in [6.07, 6.45) is -8.45. The zero-order valence-corrected chi connectivity index (χ0v) is 30.7. The number of nitrogens with zero attached hydrogens (tertiary/aromatic N) is 5. The second-order valence-electron chi connectivity index (χ2n) is 13.8. The van der Waals surface area contributed by atoms with Gasteiger partial charge < -0.3 is 24.5 Å². The van der Waals surface area contributed by atoms with Gasteiger partial charge in [-0.1, -0.05) is 19.4 Å². The van der Waals surface area contributed by atoms with Gasteiger partial charge in [0.25, 0.3) is 11.8 Å². The van der Waals surface area contributed by atoms with Crippen molar-refractivity contribution in [2.45, 2.75) is 69.1 Å². The van der Waals surface area contributed by atoms with Gasteiger partial charge in [0, 0.05) is 69.9 Å². The summed E-state index contributed by atoms with van der Waals surface area (Å²) in [5, 5.41) is 10.5. The van der Waals surface area contributed by atoms with Crippen molar-refractivity contribution < 1.29 is 55.0 Å². The number of hydrogen-bond acceptors (Lipinski definition) is 8. The molecule has 3 amide bonds. The van der Waals surface area contributed by atoms with Crippen molar-refractivity contribution in [3.8, 4) is 5.75 Å². The molecule has 2 aromatic heterocycles. The molecule has 0 bridgehead atoms. The van der Waals surface area contributed by atoms with Gasteiger partial charge in [0.1, 0.15) is 28.2 Å². The Balaban J connectivity index is 1.46.